The number of carbonyl (C=O) groups is 2. The zero-order valence-electron chi connectivity index (χ0n) is 43.4. The summed E-state index contributed by atoms with van der Waals surface area (Å²) < 4.78 is 27.1. The van der Waals surface area contributed by atoms with E-state index in [0.717, 1.165) is 39.6 Å². The number of allylic oxidation sites excluding steroid dienone is 1. The van der Waals surface area contributed by atoms with Crippen LogP contribution in [0.4, 0.5) is 0 Å². The monoisotopic (exact) mass is 934 g/mol. The topological polar surface area (TPSA) is 84.0 Å². The van der Waals surface area contributed by atoms with Gasteiger partial charge in [-0.05, 0) is 99.8 Å². The largest absolute Gasteiger partial charge is 0.466 e. The highest BCUT2D eigenvalue weighted by Gasteiger charge is 2.50. The first-order chi connectivity index (χ1) is 27.6. The predicted molar refractivity (Wildman–Crippen MR) is 274 cm³/mol. The van der Waals surface area contributed by atoms with Gasteiger partial charge in [-0.15, -0.1) is 11.3 Å². The summed E-state index contributed by atoms with van der Waals surface area (Å²) in [6.07, 6.45) is 5.80. The fraction of sp³-hybridized carbons (Fsp3) is 0.776. The Labute approximate surface area is 383 Å². The fourth-order valence-electron chi connectivity index (χ4n) is 6.74. The lowest BCUT2D eigenvalue weighted by Crippen LogP contribution is -2.54. The molecule has 1 heterocycles. The van der Waals surface area contributed by atoms with Crippen LogP contribution in [0, 0.1) is 36.0 Å². The van der Waals surface area contributed by atoms with Crippen LogP contribution < -0.4 is 0 Å². The molecule has 0 saturated carbocycles. The molecule has 61 heavy (non-hydrogen) atoms. The highest BCUT2D eigenvalue weighted by molar-refractivity contribution is 7.12. The van der Waals surface area contributed by atoms with Gasteiger partial charge in [0.1, 0.15) is 5.78 Å². The number of rotatable bonds is 23. The third kappa shape index (κ3) is 17.8. The Balaban J connectivity index is 3.68. The Bertz CT molecular complexity index is 1690. The van der Waals surface area contributed by atoms with Crippen LogP contribution in [0.1, 0.15) is 127 Å². The number of hydrogen-bond acceptors (Lipinski definition) is 8. The van der Waals surface area contributed by atoms with E-state index in [2.05, 4.69) is 158 Å². The van der Waals surface area contributed by atoms with E-state index in [4.69, 9.17) is 18.0 Å². The maximum absolute atomic E-state index is 15.1. The molecule has 0 saturated heterocycles. The average Bonchev–Trinajstić information content (AvgIpc) is 3.53. The zero-order chi connectivity index (χ0) is 47.6. The summed E-state index contributed by atoms with van der Waals surface area (Å²) in [5.74, 6) is 6.05. The molecule has 0 aliphatic carbocycles. The molecule has 0 N–H and O–H groups in total. The Kier molecular flexibility index (Phi) is 21.8. The Morgan fingerprint density at radius 2 is 1.36 bits per heavy atom. The normalized spacial score (nSPS) is 16.6. The van der Waals surface area contributed by atoms with Gasteiger partial charge in [-0.25, -0.2) is 4.98 Å². The summed E-state index contributed by atoms with van der Waals surface area (Å²) in [6.45, 7) is 50.4. The molecule has 0 unspecified atom stereocenters. The quantitative estimate of drug-likeness (QED) is 0.0468. The van der Waals surface area contributed by atoms with E-state index >= 15 is 4.79 Å². The third-order valence-corrected chi connectivity index (χ3v) is 29.8. The summed E-state index contributed by atoms with van der Waals surface area (Å²) in [6, 6.07) is 4.11. The summed E-state index contributed by atoms with van der Waals surface area (Å²) in [5, 5.41) is 0.863. The summed E-state index contributed by atoms with van der Waals surface area (Å²) in [4.78, 5) is 34.2. The fourth-order valence-corrected chi connectivity index (χ4v) is 13.9. The van der Waals surface area contributed by atoms with Crippen molar-refractivity contribution in [2.75, 3.05) is 6.61 Å². The molecule has 0 bridgehead atoms. The van der Waals surface area contributed by atoms with Crippen LogP contribution in [0.3, 0.4) is 0 Å². The highest BCUT2D eigenvalue weighted by Crippen LogP contribution is 2.44. The van der Waals surface area contributed by atoms with Gasteiger partial charge < -0.3 is 18.0 Å². The number of nitrogens with zero attached hydrogens (tertiary/aromatic N) is 1. The van der Waals surface area contributed by atoms with Crippen molar-refractivity contribution >= 4 is 62.2 Å². The number of ketones is 1. The van der Waals surface area contributed by atoms with Gasteiger partial charge in [0.25, 0.3) is 0 Å². The van der Waals surface area contributed by atoms with Crippen LogP contribution in [0.2, 0.25) is 80.1 Å². The molecular weight excluding hydrogens is 843 g/mol. The molecule has 0 aliphatic heterocycles. The molecule has 0 aliphatic rings. The Hall–Kier alpha value is -1.44. The van der Waals surface area contributed by atoms with Gasteiger partial charge in [-0.3, -0.25) is 9.59 Å². The average molecular weight is 935 g/mol. The lowest BCUT2D eigenvalue weighted by Gasteiger charge is -2.46. The van der Waals surface area contributed by atoms with Crippen LogP contribution in [-0.2, 0) is 27.6 Å². The van der Waals surface area contributed by atoms with Crippen molar-refractivity contribution in [3.8, 4) is 11.8 Å². The smallest absolute Gasteiger partial charge is 0.308 e. The van der Waals surface area contributed by atoms with Gasteiger partial charge in [0.15, 0.2) is 25.0 Å². The first-order valence-corrected chi connectivity index (χ1v) is 35.9. The number of esters is 1. The van der Waals surface area contributed by atoms with Crippen molar-refractivity contribution in [1.82, 2.24) is 4.98 Å². The SMILES string of the molecule is CC[Si](CC)(CC)O[C@@H](/C=C(/C)CC#C[C@H](C)[C@H](O[Si](C)(C)C(C)(C)C)[C@@H](C)C(=O)C(C)(C)[C@H](CC(=O)OCC[Si](C)(C)C)O[Si](C)(C)C(C)(C)C)/C(C)=C/c1cnc(C)s1. The summed E-state index contributed by atoms with van der Waals surface area (Å²) in [7, 11) is -8.08. The zero-order valence-corrected chi connectivity index (χ0v) is 48.2. The van der Waals surface area contributed by atoms with Crippen LogP contribution >= 0.6 is 11.3 Å². The second kappa shape index (κ2) is 23.1. The van der Waals surface area contributed by atoms with Crippen molar-refractivity contribution in [2.24, 2.45) is 17.3 Å². The van der Waals surface area contributed by atoms with Crippen LogP contribution in [0.25, 0.3) is 6.08 Å². The maximum atomic E-state index is 15.1. The molecule has 350 valence electrons. The van der Waals surface area contributed by atoms with Gasteiger partial charge in [-0.2, -0.15) is 0 Å². The van der Waals surface area contributed by atoms with Gasteiger partial charge in [0.05, 0.1) is 36.3 Å². The molecule has 0 amide bonds. The minimum atomic E-state index is -2.40. The van der Waals surface area contributed by atoms with Gasteiger partial charge in [0, 0.05) is 42.8 Å². The lowest BCUT2D eigenvalue weighted by atomic mass is 9.73. The second-order valence-electron chi connectivity index (χ2n) is 22.6. The summed E-state index contributed by atoms with van der Waals surface area (Å²) in [5.41, 5.74) is 1.32. The van der Waals surface area contributed by atoms with Gasteiger partial charge in [0.2, 0.25) is 0 Å². The number of carbonyl (C=O) groups excluding carboxylic acids is 2. The molecule has 0 radical (unpaired) electrons. The molecule has 12 heteroatoms. The van der Waals surface area contributed by atoms with Crippen LogP contribution in [0.15, 0.2) is 23.4 Å². The van der Waals surface area contributed by atoms with E-state index in [0.29, 0.717) is 13.0 Å². The van der Waals surface area contributed by atoms with E-state index in [1.54, 1.807) is 11.3 Å². The van der Waals surface area contributed by atoms with Crippen molar-refractivity contribution in [2.45, 2.75) is 222 Å². The van der Waals surface area contributed by atoms with Crippen molar-refractivity contribution < 1.29 is 27.6 Å². The molecule has 0 fully saturated rings. The van der Waals surface area contributed by atoms with Gasteiger partial charge in [-0.1, -0.05) is 126 Å². The van der Waals surface area contributed by atoms with E-state index in [1.165, 1.54) is 5.57 Å². The van der Waals surface area contributed by atoms with Crippen LogP contribution in [-0.4, -0.2) is 74.7 Å². The highest BCUT2D eigenvalue weighted by atomic mass is 32.1. The minimum absolute atomic E-state index is 0.0216. The van der Waals surface area contributed by atoms with Crippen molar-refractivity contribution in [1.29, 1.82) is 0 Å². The van der Waals surface area contributed by atoms with Crippen LogP contribution in [0.5, 0.6) is 0 Å². The number of hydrogen-bond donors (Lipinski definition) is 0. The predicted octanol–water partition coefficient (Wildman–Crippen LogP) is 14.5. The molecule has 0 spiro atoms. The Morgan fingerprint density at radius 3 is 1.82 bits per heavy atom. The number of aryl methyl sites for hydroxylation is 1. The van der Waals surface area contributed by atoms with E-state index in [9.17, 15) is 4.79 Å². The molecule has 0 aromatic carbocycles. The minimum Gasteiger partial charge on any atom is -0.466 e. The molecule has 5 atom stereocenters. The lowest BCUT2D eigenvalue weighted by molar-refractivity contribution is -0.150. The number of thiazole rings is 1. The maximum Gasteiger partial charge on any atom is 0.308 e. The van der Waals surface area contributed by atoms with Gasteiger partial charge >= 0.3 is 5.97 Å². The van der Waals surface area contributed by atoms with E-state index in [-0.39, 0.29) is 40.3 Å². The molecule has 1 aromatic rings. The number of ether oxygens (including phenoxy) is 1. The van der Waals surface area contributed by atoms with Crippen molar-refractivity contribution in [3.05, 3.63) is 33.3 Å². The Morgan fingerprint density at radius 1 is 0.836 bits per heavy atom. The third-order valence-electron chi connectivity index (χ3n) is 13.7. The summed E-state index contributed by atoms with van der Waals surface area (Å²) >= 11 is 1.70. The number of aromatic nitrogens is 1. The van der Waals surface area contributed by atoms with E-state index < -0.39 is 56.6 Å². The van der Waals surface area contributed by atoms with Crippen molar-refractivity contribution in [3.63, 3.8) is 0 Å². The molecule has 1 aromatic heterocycles. The molecule has 7 nitrogen and oxygen atoms in total. The molecule has 1 rings (SSSR count). The molecular formula is C49H91NO6SSi4. The second-order valence-corrected chi connectivity index (χ2v) is 43.7. The number of Topliss-reactive ketones (excluding diaryl/α,β-unsaturated/α-hetero) is 1. The first-order valence-electron chi connectivity index (χ1n) is 23.1. The standard InChI is InChI=1S/C49H91NO6SSi4/c1-24-61(25-2,26-3)54-42(38(6)33-41-35-50-40(8)57-41)32-36(4)28-27-29-37(5)45(56-60(22,23)48(12,13)14)39(7)46(52)49(15,16)43(55-59(20,21)47(9,10)11)34-44(51)53-30-31-58(17,18)19/h32-33,35,37,39,42-43,45H,24-26,28,30-31,34H2,1-23H3/b36-32-,38-33+/t37-,39+,42-,43-,45-/m0/s1. The first kappa shape index (κ1) is 57.6. The van der Waals surface area contributed by atoms with E-state index in [1.807, 2.05) is 33.9 Å².